The molecular weight excluding hydrogens is 285 g/mol. The van der Waals surface area contributed by atoms with Gasteiger partial charge in [0.1, 0.15) is 0 Å². The lowest BCUT2D eigenvalue weighted by Gasteiger charge is -2.23. The van der Waals surface area contributed by atoms with Crippen molar-refractivity contribution in [3.8, 4) is 0 Å². The van der Waals surface area contributed by atoms with Gasteiger partial charge in [-0.1, -0.05) is 30.1 Å². The molecular formula is C13H19Cl2N3O. The number of carbonyl (C=O) groups is 1. The molecule has 1 aromatic rings. The Balaban J connectivity index is 2.73. The van der Waals surface area contributed by atoms with Gasteiger partial charge < -0.3 is 11.1 Å². The number of nitrogens with zero attached hydrogens (tertiary/aromatic N) is 1. The summed E-state index contributed by atoms with van der Waals surface area (Å²) in [6.07, 6.45) is 0.979. The van der Waals surface area contributed by atoms with Gasteiger partial charge in [0.25, 0.3) is 0 Å². The van der Waals surface area contributed by atoms with Crippen molar-refractivity contribution in [2.24, 2.45) is 0 Å². The number of halogens is 2. The van der Waals surface area contributed by atoms with E-state index in [0.717, 1.165) is 6.42 Å². The SMILES string of the molecule is CCC(C)N(C)CC(=O)Nc1c(Cl)cc(N)cc1Cl. The highest BCUT2D eigenvalue weighted by Crippen LogP contribution is 2.32. The molecule has 19 heavy (non-hydrogen) atoms. The predicted octanol–water partition coefficient (Wildman–Crippen LogP) is 3.24. The highest BCUT2D eigenvalue weighted by atomic mass is 35.5. The van der Waals surface area contributed by atoms with E-state index in [1.54, 1.807) is 12.1 Å². The van der Waals surface area contributed by atoms with Crippen LogP contribution in [0.1, 0.15) is 20.3 Å². The first kappa shape index (κ1) is 16.1. The molecule has 0 aliphatic carbocycles. The standard InChI is InChI=1S/C13H19Cl2N3O/c1-4-8(2)18(3)7-12(19)17-13-10(14)5-9(16)6-11(13)15/h5-6,8H,4,7,16H2,1-3H3,(H,17,19). The first-order chi connectivity index (χ1) is 8.85. The van der Waals surface area contributed by atoms with Gasteiger partial charge in [-0.2, -0.15) is 0 Å². The third-order valence-corrected chi connectivity index (χ3v) is 3.66. The Labute approximate surface area is 123 Å². The van der Waals surface area contributed by atoms with Crippen LogP contribution in [0.4, 0.5) is 11.4 Å². The first-order valence-electron chi connectivity index (χ1n) is 6.09. The minimum absolute atomic E-state index is 0.156. The highest BCUT2D eigenvalue weighted by Gasteiger charge is 2.14. The summed E-state index contributed by atoms with van der Waals surface area (Å²) in [7, 11) is 1.90. The summed E-state index contributed by atoms with van der Waals surface area (Å²) in [6.45, 7) is 4.43. The fraction of sp³-hybridized carbons (Fsp3) is 0.462. The minimum Gasteiger partial charge on any atom is -0.399 e. The van der Waals surface area contributed by atoms with Crippen LogP contribution in [-0.4, -0.2) is 30.4 Å². The fourth-order valence-corrected chi connectivity index (χ4v) is 2.18. The molecule has 0 aliphatic rings. The molecule has 1 rings (SSSR count). The summed E-state index contributed by atoms with van der Waals surface area (Å²) in [5, 5.41) is 3.39. The number of nitrogen functional groups attached to an aromatic ring is 1. The molecule has 0 bridgehead atoms. The molecule has 0 radical (unpaired) electrons. The van der Waals surface area contributed by atoms with E-state index in [1.165, 1.54) is 0 Å². The van der Waals surface area contributed by atoms with Crippen LogP contribution in [0, 0.1) is 0 Å². The summed E-state index contributed by atoms with van der Waals surface area (Å²) >= 11 is 12.0. The van der Waals surface area contributed by atoms with Crippen molar-refractivity contribution in [1.29, 1.82) is 0 Å². The molecule has 1 atom stereocenters. The van der Waals surface area contributed by atoms with Gasteiger partial charge in [-0.25, -0.2) is 0 Å². The molecule has 106 valence electrons. The van der Waals surface area contributed by atoms with E-state index in [0.29, 0.717) is 27.5 Å². The summed E-state index contributed by atoms with van der Waals surface area (Å²) < 4.78 is 0. The quantitative estimate of drug-likeness (QED) is 0.821. The number of carbonyl (C=O) groups excluding carboxylic acids is 1. The van der Waals surface area contributed by atoms with E-state index in [2.05, 4.69) is 19.2 Å². The van der Waals surface area contributed by atoms with Gasteiger partial charge >= 0.3 is 0 Å². The Morgan fingerprint density at radius 3 is 2.42 bits per heavy atom. The van der Waals surface area contributed by atoms with Gasteiger partial charge in [-0.3, -0.25) is 9.69 Å². The van der Waals surface area contributed by atoms with Crippen LogP contribution in [0.25, 0.3) is 0 Å². The van der Waals surface area contributed by atoms with E-state index in [4.69, 9.17) is 28.9 Å². The second kappa shape index (κ2) is 6.98. The number of anilines is 2. The number of amides is 1. The molecule has 0 saturated carbocycles. The predicted molar refractivity (Wildman–Crippen MR) is 81.9 cm³/mol. The van der Waals surface area contributed by atoms with Gasteiger partial charge in [-0.15, -0.1) is 0 Å². The van der Waals surface area contributed by atoms with E-state index in [9.17, 15) is 4.79 Å². The topological polar surface area (TPSA) is 58.4 Å². The van der Waals surface area contributed by atoms with Crippen LogP contribution in [0.2, 0.25) is 10.0 Å². The molecule has 0 fully saturated rings. The zero-order valence-corrected chi connectivity index (χ0v) is 12.8. The zero-order valence-electron chi connectivity index (χ0n) is 11.3. The molecule has 4 nitrogen and oxygen atoms in total. The van der Waals surface area contributed by atoms with Crippen molar-refractivity contribution in [3.63, 3.8) is 0 Å². The molecule has 0 heterocycles. The number of nitrogens with two attached hydrogens (primary N) is 1. The zero-order chi connectivity index (χ0) is 14.6. The van der Waals surface area contributed by atoms with Crippen LogP contribution in [0.15, 0.2) is 12.1 Å². The fourth-order valence-electron chi connectivity index (χ4n) is 1.59. The van der Waals surface area contributed by atoms with E-state index >= 15 is 0 Å². The maximum atomic E-state index is 11.9. The van der Waals surface area contributed by atoms with Gasteiger partial charge in [0.2, 0.25) is 5.91 Å². The second-order valence-corrected chi connectivity index (χ2v) is 5.39. The largest absolute Gasteiger partial charge is 0.399 e. The van der Waals surface area contributed by atoms with Crippen LogP contribution in [-0.2, 0) is 4.79 Å². The van der Waals surface area contributed by atoms with Crippen LogP contribution in [0.5, 0.6) is 0 Å². The lowest BCUT2D eigenvalue weighted by molar-refractivity contribution is -0.117. The molecule has 0 aromatic heterocycles. The van der Waals surface area contributed by atoms with Crippen molar-refractivity contribution in [3.05, 3.63) is 22.2 Å². The monoisotopic (exact) mass is 303 g/mol. The lowest BCUT2D eigenvalue weighted by atomic mass is 10.2. The summed E-state index contributed by atoms with van der Waals surface area (Å²) in [6, 6.07) is 3.45. The summed E-state index contributed by atoms with van der Waals surface area (Å²) in [5.41, 5.74) is 6.47. The van der Waals surface area contributed by atoms with Crippen LogP contribution >= 0.6 is 23.2 Å². The van der Waals surface area contributed by atoms with Crippen molar-refractivity contribution < 1.29 is 4.79 Å². The van der Waals surface area contributed by atoms with Crippen LogP contribution in [0.3, 0.4) is 0 Å². The Kier molecular flexibility index (Phi) is 5.91. The molecule has 0 spiro atoms. The first-order valence-corrected chi connectivity index (χ1v) is 6.85. The third kappa shape index (κ3) is 4.56. The third-order valence-electron chi connectivity index (χ3n) is 3.07. The molecule has 0 saturated heterocycles. The molecule has 1 aromatic carbocycles. The number of rotatable bonds is 5. The average Bonchev–Trinajstić information content (AvgIpc) is 2.32. The van der Waals surface area contributed by atoms with Gasteiger partial charge in [0.15, 0.2) is 0 Å². The Morgan fingerprint density at radius 1 is 1.42 bits per heavy atom. The maximum Gasteiger partial charge on any atom is 0.238 e. The molecule has 1 unspecified atom stereocenters. The molecule has 0 aliphatic heterocycles. The normalized spacial score (nSPS) is 12.5. The van der Waals surface area contributed by atoms with Crippen molar-refractivity contribution in [2.45, 2.75) is 26.3 Å². The summed E-state index contributed by atoms with van der Waals surface area (Å²) in [5.74, 6) is -0.156. The number of likely N-dealkylation sites (N-methyl/N-ethyl adjacent to an activating group) is 1. The van der Waals surface area contributed by atoms with E-state index in [-0.39, 0.29) is 12.5 Å². The van der Waals surface area contributed by atoms with Crippen molar-refractivity contribution in [2.75, 3.05) is 24.6 Å². The van der Waals surface area contributed by atoms with Crippen molar-refractivity contribution in [1.82, 2.24) is 4.90 Å². The smallest absolute Gasteiger partial charge is 0.238 e. The van der Waals surface area contributed by atoms with Crippen molar-refractivity contribution >= 4 is 40.5 Å². The average molecular weight is 304 g/mol. The minimum atomic E-state index is -0.156. The van der Waals surface area contributed by atoms with Crippen LogP contribution < -0.4 is 11.1 Å². The molecule has 6 heteroatoms. The second-order valence-electron chi connectivity index (χ2n) is 4.58. The number of hydrogen-bond donors (Lipinski definition) is 2. The maximum absolute atomic E-state index is 11.9. The molecule has 1 amide bonds. The lowest BCUT2D eigenvalue weighted by Crippen LogP contribution is -2.36. The number of nitrogens with one attached hydrogen (secondary N) is 1. The number of benzene rings is 1. The number of hydrogen-bond acceptors (Lipinski definition) is 3. The Hall–Kier alpha value is -0.970. The summed E-state index contributed by atoms with van der Waals surface area (Å²) in [4.78, 5) is 13.9. The van der Waals surface area contributed by atoms with Gasteiger partial charge in [0, 0.05) is 11.7 Å². The van der Waals surface area contributed by atoms with Gasteiger partial charge in [0.05, 0.1) is 22.3 Å². The van der Waals surface area contributed by atoms with Gasteiger partial charge in [-0.05, 0) is 32.5 Å². The Morgan fingerprint density at radius 2 is 1.95 bits per heavy atom. The van der Waals surface area contributed by atoms with E-state index in [1.807, 2.05) is 11.9 Å². The molecule has 3 N–H and O–H groups in total. The van der Waals surface area contributed by atoms with E-state index < -0.39 is 0 Å². The Bertz CT molecular complexity index is 442. The highest BCUT2D eigenvalue weighted by molar-refractivity contribution is 6.40.